The van der Waals surface area contributed by atoms with E-state index in [-0.39, 0.29) is 12.5 Å². The Hall–Kier alpha value is -1.57. The van der Waals surface area contributed by atoms with Crippen LogP contribution < -0.4 is 5.32 Å². The summed E-state index contributed by atoms with van der Waals surface area (Å²) in [4.78, 5) is 21.5. The van der Waals surface area contributed by atoms with E-state index in [1.807, 2.05) is 6.92 Å². The van der Waals surface area contributed by atoms with Crippen LogP contribution in [-0.2, 0) is 14.3 Å². The number of ether oxygens (including phenoxy) is 1. The fourth-order valence-electron chi connectivity index (χ4n) is 0.683. The van der Waals surface area contributed by atoms with Crippen LogP contribution in [0.4, 0.5) is 0 Å². The van der Waals surface area contributed by atoms with Crippen molar-refractivity contribution in [3.05, 3.63) is 0 Å². The minimum Gasteiger partial charge on any atom is -0.349 e. The molecule has 0 aromatic rings. The molecule has 13 heavy (non-hydrogen) atoms. The average Bonchev–Trinajstić information content (AvgIpc) is 2.12. The molecule has 0 rings (SSSR count). The lowest BCUT2D eigenvalue weighted by Gasteiger charge is -2.00. The Balaban J connectivity index is 3.47. The summed E-state index contributed by atoms with van der Waals surface area (Å²) >= 11 is 0. The van der Waals surface area contributed by atoms with Gasteiger partial charge in [-0.15, -0.1) is 5.26 Å². The lowest BCUT2D eigenvalue weighted by atomic mass is 10.2. The molecule has 0 unspecified atom stereocenters. The number of hydrogen-bond donors (Lipinski definition) is 1. The first-order valence-corrected chi connectivity index (χ1v) is 4.06. The maximum absolute atomic E-state index is 10.9. The first kappa shape index (κ1) is 11.4. The van der Waals surface area contributed by atoms with E-state index in [1.54, 1.807) is 0 Å². The van der Waals surface area contributed by atoms with Crippen LogP contribution >= 0.6 is 0 Å². The van der Waals surface area contributed by atoms with Crippen molar-refractivity contribution in [1.29, 1.82) is 5.26 Å². The van der Waals surface area contributed by atoms with Crippen LogP contribution in [0.25, 0.3) is 0 Å². The van der Waals surface area contributed by atoms with E-state index in [1.165, 1.54) is 6.26 Å². The quantitative estimate of drug-likeness (QED) is 0.493. The normalized spacial score (nSPS) is 8.62. The second-order valence-corrected chi connectivity index (χ2v) is 2.45. The molecule has 0 aromatic heterocycles. The molecule has 72 valence electrons. The van der Waals surface area contributed by atoms with Gasteiger partial charge in [0.2, 0.25) is 5.91 Å². The number of nitrogens with zero attached hydrogens (tertiary/aromatic N) is 1. The molecule has 1 amide bonds. The molecule has 5 nitrogen and oxygen atoms in total. The van der Waals surface area contributed by atoms with Crippen molar-refractivity contribution in [1.82, 2.24) is 5.32 Å². The van der Waals surface area contributed by atoms with E-state index >= 15 is 0 Å². The molecule has 0 aromatic carbocycles. The Kier molecular flexibility index (Phi) is 6.24. The molecule has 0 spiro atoms. The summed E-state index contributed by atoms with van der Waals surface area (Å²) in [7, 11) is 0. The monoisotopic (exact) mass is 184 g/mol. The van der Waals surface area contributed by atoms with E-state index in [0.29, 0.717) is 6.42 Å². The van der Waals surface area contributed by atoms with Gasteiger partial charge in [-0.1, -0.05) is 13.3 Å². The maximum Gasteiger partial charge on any atom is 0.340 e. The highest BCUT2D eigenvalue weighted by molar-refractivity contribution is 5.82. The topological polar surface area (TPSA) is 79.2 Å². The fourth-order valence-corrected chi connectivity index (χ4v) is 0.683. The highest BCUT2D eigenvalue weighted by Gasteiger charge is 2.05. The number of rotatable bonds is 5. The second kappa shape index (κ2) is 7.10. The van der Waals surface area contributed by atoms with Crippen LogP contribution in [0, 0.1) is 11.5 Å². The molecule has 5 heteroatoms. The average molecular weight is 184 g/mol. The number of amides is 1. The number of carbonyl (C=O) groups excluding carboxylic acids is 2. The molecule has 0 saturated carbocycles. The van der Waals surface area contributed by atoms with Crippen LogP contribution in [0.15, 0.2) is 0 Å². The summed E-state index contributed by atoms with van der Waals surface area (Å²) in [6, 6.07) is 0. The Labute approximate surface area is 76.7 Å². The van der Waals surface area contributed by atoms with Crippen molar-refractivity contribution in [2.45, 2.75) is 26.2 Å². The molecular formula is C8H12N2O3. The minimum atomic E-state index is -0.743. The van der Waals surface area contributed by atoms with Gasteiger partial charge in [0.25, 0.3) is 6.26 Å². The van der Waals surface area contributed by atoms with Crippen molar-refractivity contribution in [3.8, 4) is 6.26 Å². The third-order valence-corrected chi connectivity index (χ3v) is 1.35. The zero-order valence-electron chi connectivity index (χ0n) is 7.50. The summed E-state index contributed by atoms with van der Waals surface area (Å²) in [6.45, 7) is 1.73. The van der Waals surface area contributed by atoms with Gasteiger partial charge in [-0.3, -0.25) is 4.79 Å². The van der Waals surface area contributed by atoms with Gasteiger partial charge in [-0.05, 0) is 6.42 Å². The zero-order valence-corrected chi connectivity index (χ0v) is 7.50. The number of hydrogen-bond acceptors (Lipinski definition) is 4. The molecule has 0 radical (unpaired) electrons. The van der Waals surface area contributed by atoms with Gasteiger partial charge in [0.1, 0.15) is 6.54 Å². The smallest absolute Gasteiger partial charge is 0.340 e. The number of nitrogens with one attached hydrogen (secondary N) is 1. The van der Waals surface area contributed by atoms with Crippen molar-refractivity contribution in [2.24, 2.45) is 0 Å². The zero-order chi connectivity index (χ0) is 10.1. The molecule has 0 fully saturated rings. The Morgan fingerprint density at radius 1 is 1.54 bits per heavy atom. The largest absolute Gasteiger partial charge is 0.349 e. The van der Waals surface area contributed by atoms with E-state index < -0.39 is 5.97 Å². The molecule has 0 saturated heterocycles. The van der Waals surface area contributed by atoms with E-state index in [9.17, 15) is 9.59 Å². The molecule has 1 N–H and O–H groups in total. The highest BCUT2D eigenvalue weighted by atomic mass is 16.5. The Bertz CT molecular complexity index is 220. The number of unbranched alkanes of at least 4 members (excludes halogenated alkanes) is 1. The minimum absolute atomic E-state index is 0.197. The Morgan fingerprint density at radius 2 is 2.23 bits per heavy atom. The van der Waals surface area contributed by atoms with E-state index in [0.717, 1.165) is 12.8 Å². The lowest BCUT2D eigenvalue weighted by molar-refractivity contribution is -0.137. The molecule has 0 atom stereocenters. The van der Waals surface area contributed by atoms with Crippen molar-refractivity contribution in [2.75, 3.05) is 6.54 Å². The van der Waals surface area contributed by atoms with Crippen molar-refractivity contribution >= 4 is 11.9 Å². The lowest BCUT2D eigenvalue weighted by Crippen LogP contribution is -2.29. The van der Waals surface area contributed by atoms with E-state index in [4.69, 9.17) is 5.26 Å². The maximum atomic E-state index is 10.9. The molecular weight excluding hydrogens is 172 g/mol. The predicted molar refractivity (Wildman–Crippen MR) is 44.2 cm³/mol. The third-order valence-electron chi connectivity index (χ3n) is 1.35. The van der Waals surface area contributed by atoms with Gasteiger partial charge in [-0.25, -0.2) is 4.79 Å². The summed E-state index contributed by atoms with van der Waals surface area (Å²) in [5.74, 6) is -0.941. The van der Waals surface area contributed by atoms with Gasteiger partial charge in [-0.2, -0.15) is 0 Å². The third kappa shape index (κ3) is 6.81. The SMILES string of the molecule is CCCCC(=O)NCC(=O)OC#N. The van der Waals surface area contributed by atoms with Crippen LogP contribution in [0.1, 0.15) is 26.2 Å². The summed E-state index contributed by atoms with van der Waals surface area (Å²) in [6.07, 6.45) is 3.35. The molecule has 0 heterocycles. The predicted octanol–water partition coefficient (Wildman–Crippen LogP) is 0.317. The van der Waals surface area contributed by atoms with Gasteiger partial charge < -0.3 is 10.1 Å². The number of carbonyl (C=O) groups is 2. The number of nitriles is 1. The van der Waals surface area contributed by atoms with Crippen LogP contribution in [0.3, 0.4) is 0 Å². The molecule has 0 bridgehead atoms. The summed E-state index contributed by atoms with van der Waals surface area (Å²) < 4.78 is 3.95. The Morgan fingerprint density at radius 3 is 2.77 bits per heavy atom. The van der Waals surface area contributed by atoms with Crippen LogP contribution in [0.5, 0.6) is 0 Å². The molecule has 0 aliphatic carbocycles. The first-order valence-electron chi connectivity index (χ1n) is 4.06. The number of esters is 1. The van der Waals surface area contributed by atoms with Crippen LogP contribution in [-0.4, -0.2) is 18.4 Å². The van der Waals surface area contributed by atoms with Crippen LogP contribution in [0.2, 0.25) is 0 Å². The second-order valence-electron chi connectivity index (χ2n) is 2.45. The molecule has 0 aliphatic rings. The van der Waals surface area contributed by atoms with Gasteiger partial charge in [0, 0.05) is 6.42 Å². The fraction of sp³-hybridized carbons (Fsp3) is 0.625. The summed E-state index contributed by atoms with van der Waals surface area (Å²) in [5, 5.41) is 10.3. The van der Waals surface area contributed by atoms with Gasteiger partial charge in [0.05, 0.1) is 0 Å². The standard InChI is InChI=1S/C8H12N2O3/c1-2-3-4-7(11)10-5-8(12)13-6-9/h2-5H2,1H3,(H,10,11). The van der Waals surface area contributed by atoms with Crippen molar-refractivity contribution < 1.29 is 14.3 Å². The first-order chi connectivity index (χ1) is 6.20. The van der Waals surface area contributed by atoms with E-state index in [2.05, 4.69) is 10.1 Å². The summed E-state index contributed by atoms with van der Waals surface area (Å²) in [5.41, 5.74) is 0. The van der Waals surface area contributed by atoms with Gasteiger partial charge in [0.15, 0.2) is 0 Å². The highest BCUT2D eigenvalue weighted by Crippen LogP contribution is 1.92. The molecule has 0 aliphatic heterocycles. The van der Waals surface area contributed by atoms with Gasteiger partial charge >= 0.3 is 5.97 Å². The van der Waals surface area contributed by atoms with Crippen molar-refractivity contribution in [3.63, 3.8) is 0 Å².